The van der Waals surface area contributed by atoms with Crippen molar-refractivity contribution in [2.24, 2.45) is 0 Å². The van der Waals surface area contributed by atoms with Crippen LogP contribution in [0.25, 0.3) is 0 Å². The van der Waals surface area contributed by atoms with Gasteiger partial charge < -0.3 is 10.1 Å². The summed E-state index contributed by atoms with van der Waals surface area (Å²) >= 11 is 0. The molecule has 3 nitrogen and oxygen atoms in total. The Morgan fingerprint density at radius 2 is 1.95 bits per heavy atom. The van der Waals surface area contributed by atoms with Crippen LogP contribution in [0.3, 0.4) is 0 Å². The van der Waals surface area contributed by atoms with E-state index in [2.05, 4.69) is 12.2 Å². The molecule has 3 heteroatoms. The number of rotatable bonds is 5. The second-order valence-electron chi connectivity index (χ2n) is 5.16. The molecule has 0 spiro atoms. The number of carbonyl (C=O) groups is 1. The molecule has 0 radical (unpaired) electrons. The zero-order chi connectivity index (χ0) is 15.2. The van der Waals surface area contributed by atoms with Crippen LogP contribution in [-0.2, 0) is 11.2 Å². The highest BCUT2D eigenvalue weighted by Gasteiger charge is 2.06. The van der Waals surface area contributed by atoms with Gasteiger partial charge in [0.2, 0.25) is 0 Å². The number of ether oxygens (including phenoxy) is 1. The summed E-state index contributed by atoms with van der Waals surface area (Å²) < 4.78 is 5.57. The maximum atomic E-state index is 11.9. The van der Waals surface area contributed by atoms with E-state index in [1.165, 1.54) is 11.1 Å². The van der Waals surface area contributed by atoms with Gasteiger partial charge in [-0.05, 0) is 49.6 Å². The van der Waals surface area contributed by atoms with Gasteiger partial charge in [-0.1, -0.05) is 36.8 Å². The summed E-state index contributed by atoms with van der Waals surface area (Å²) in [5.74, 6) is 0.598. The van der Waals surface area contributed by atoms with Crippen molar-refractivity contribution >= 4 is 11.6 Å². The largest absolute Gasteiger partial charge is 0.483 e. The molecule has 2 rings (SSSR count). The Balaban J connectivity index is 1.92. The van der Waals surface area contributed by atoms with E-state index in [-0.39, 0.29) is 12.5 Å². The van der Waals surface area contributed by atoms with Crippen molar-refractivity contribution < 1.29 is 9.53 Å². The average Bonchev–Trinajstić information content (AvgIpc) is 2.46. The summed E-state index contributed by atoms with van der Waals surface area (Å²) in [7, 11) is 0. The van der Waals surface area contributed by atoms with E-state index in [4.69, 9.17) is 4.74 Å². The third-order valence-corrected chi connectivity index (χ3v) is 3.31. The number of benzene rings is 2. The molecule has 2 aromatic rings. The number of carbonyl (C=O) groups excluding carboxylic acids is 1. The minimum atomic E-state index is -0.150. The third kappa shape index (κ3) is 4.35. The molecular weight excluding hydrogens is 262 g/mol. The molecular formula is C18H21NO2. The Morgan fingerprint density at radius 3 is 2.67 bits per heavy atom. The van der Waals surface area contributed by atoms with Crippen molar-refractivity contribution in [3.05, 3.63) is 59.2 Å². The molecule has 21 heavy (non-hydrogen) atoms. The summed E-state index contributed by atoms with van der Waals surface area (Å²) in [5.41, 5.74) is 4.23. The predicted octanol–water partition coefficient (Wildman–Crippen LogP) is 3.88. The maximum Gasteiger partial charge on any atom is 0.262 e. The molecule has 0 aliphatic carbocycles. The lowest BCUT2D eigenvalue weighted by molar-refractivity contribution is -0.118. The van der Waals surface area contributed by atoms with Crippen LogP contribution in [0.15, 0.2) is 42.5 Å². The fourth-order valence-corrected chi connectivity index (χ4v) is 2.17. The van der Waals surface area contributed by atoms with E-state index >= 15 is 0 Å². The van der Waals surface area contributed by atoms with E-state index in [0.29, 0.717) is 0 Å². The number of amides is 1. The zero-order valence-electron chi connectivity index (χ0n) is 12.8. The number of hydrogen-bond acceptors (Lipinski definition) is 2. The van der Waals surface area contributed by atoms with Crippen LogP contribution in [0.4, 0.5) is 5.69 Å². The first-order valence-electron chi connectivity index (χ1n) is 7.17. The van der Waals surface area contributed by atoms with Gasteiger partial charge in [0.15, 0.2) is 6.61 Å². The molecule has 0 aliphatic heterocycles. The number of nitrogens with one attached hydrogen (secondary N) is 1. The molecule has 1 amide bonds. The molecule has 0 fully saturated rings. The summed E-state index contributed by atoms with van der Waals surface area (Å²) in [6.07, 6.45) is 0.947. The molecule has 1 N–H and O–H groups in total. The fraction of sp³-hybridized carbons (Fsp3) is 0.278. The quantitative estimate of drug-likeness (QED) is 0.904. The number of anilines is 1. The van der Waals surface area contributed by atoms with Crippen LogP contribution < -0.4 is 10.1 Å². The van der Waals surface area contributed by atoms with Crippen LogP contribution in [0.1, 0.15) is 23.6 Å². The Hall–Kier alpha value is -2.29. The highest BCUT2D eigenvalue weighted by atomic mass is 16.5. The predicted molar refractivity (Wildman–Crippen MR) is 85.9 cm³/mol. The SMILES string of the molecule is CCc1cccc(NC(=O)COc2ccc(C)cc2C)c1. The first kappa shape index (κ1) is 15.1. The van der Waals surface area contributed by atoms with Crippen LogP contribution in [-0.4, -0.2) is 12.5 Å². The van der Waals surface area contributed by atoms with Crippen molar-refractivity contribution in [1.82, 2.24) is 0 Å². The minimum Gasteiger partial charge on any atom is -0.483 e. The normalized spacial score (nSPS) is 10.2. The van der Waals surface area contributed by atoms with E-state index in [9.17, 15) is 4.79 Å². The molecule has 110 valence electrons. The lowest BCUT2D eigenvalue weighted by Gasteiger charge is -2.10. The lowest BCUT2D eigenvalue weighted by atomic mass is 10.1. The van der Waals surface area contributed by atoms with Crippen molar-refractivity contribution in [2.75, 3.05) is 11.9 Å². The Kier molecular flexibility index (Phi) is 4.99. The first-order chi connectivity index (χ1) is 10.1. The second kappa shape index (κ2) is 6.93. The van der Waals surface area contributed by atoms with Crippen molar-refractivity contribution in [3.63, 3.8) is 0 Å². The molecule has 0 heterocycles. The fourth-order valence-electron chi connectivity index (χ4n) is 2.17. The minimum absolute atomic E-state index is 0.0141. The van der Waals surface area contributed by atoms with Gasteiger partial charge >= 0.3 is 0 Å². The highest BCUT2D eigenvalue weighted by molar-refractivity contribution is 5.91. The van der Waals surface area contributed by atoms with E-state index in [0.717, 1.165) is 23.4 Å². The van der Waals surface area contributed by atoms with Crippen LogP contribution in [0, 0.1) is 13.8 Å². The number of hydrogen-bond donors (Lipinski definition) is 1. The van der Waals surface area contributed by atoms with Crippen LogP contribution in [0.5, 0.6) is 5.75 Å². The van der Waals surface area contributed by atoms with Gasteiger partial charge in [0.1, 0.15) is 5.75 Å². The Bertz CT molecular complexity index is 635. The van der Waals surface area contributed by atoms with Gasteiger partial charge in [-0.3, -0.25) is 4.79 Å². The van der Waals surface area contributed by atoms with Gasteiger partial charge in [0.25, 0.3) is 5.91 Å². The molecule has 0 aromatic heterocycles. The topological polar surface area (TPSA) is 38.3 Å². The van der Waals surface area contributed by atoms with E-state index in [1.807, 2.05) is 56.3 Å². The molecule has 0 aliphatic rings. The highest BCUT2D eigenvalue weighted by Crippen LogP contribution is 2.18. The zero-order valence-corrected chi connectivity index (χ0v) is 12.8. The number of aryl methyl sites for hydroxylation is 3. The molecule has 0 bridgehead atoms. The molecule has 0 saturated heterocycles. The van der Waals surface area contributed by atoms with Crippen LogP contribution in [0.2, 0.25) is 0 Å². The third-order valence-electron chi connectivity index (χ3n) is 3.31. The van der Waals surface area contributed by atoms with Gasteiger partial charge in [0.05, 0.1) is 0 Å². The maximum absolute atomic E-state index is 11.9. The van der Waals surface area contributed by atoms with Crippen molar-refractivity contribution in [3.8, 4) is 5.75 Å². The van der Waals surface area contributed by atoms with Crippen LogP contribution >= 0.6 is 0 Å². The summed E-state index contributed by atoms with van der Waals surface area (Å²) in [5, 5.41) is 2.85. The Labute approximate surface area is 126 Å². The lowest BCUT2D eigenvalue weighted by Crippen LogP contribution is -2.20. The molecule has 0 unspecified atom stereocenters. The first-order valence-corrected chi connectivity index (χ1v) is 7.17. The smallest absolute Gasteiger partial charge is 0.262 e. The summed E-state index contributed by atoms with van der Waals surface area (Å²) in [6.45, 7) is 6.11. The van der Waals surface area contributed by atoms with Gasteiger partial charge in [-0.25, -0.2) is 0 Å². The second-order valence-corrected chi connectivity index (χ2v) is 5.16. The monoisotopic (exact) mass is 283 g/mol. The standard InChI is InChI=1S/C18H21NO2/c1-4-15-6-5-7-16(11-15)19-18(20)12-21-17-9-8-13(2)10-14(17)3/h5-11H,4,12H2,1-3H3,(H,19,20). The van der Waals surface area contributed by atoms with E-state index < -0.39 is 0 Å². The van der Waals surface area contributed by atoms with Gasteiger partial charge in [0, 0.05) is 5.69 Å². The van der Waals surface area contributed by atoms with Crippen molar-refractivity contribution in [2.45, 2.75) is 27.2 Å². The molecule has 2 aromatic carbocycles. The van der Waals surface area contributed by atoms with Gasteiger partial charge in [-0.15, -0.1) is 0 Å². The molecule has 0 atom stereocenters. The van der Waals surface area contributed by atoms with Crippen molar-refractivity contribution in [1.29, 1.82) is 0 Å². The summed E-state index contributed by atoms with van der Waals surface area (Å²) in [6, 6.07) is 13.8. The average molecular weight is 283 g/mol. The summed E-state index contributed by atoms with van der Waals surface area (Å²) in [4.78, 5) is 11.9. The van der Waals surface area contributed by atoms with Gasteiger partial charge in [-0.2, -0.15) is 0 Å². The molecule has 0 saturated carbocycles. The Morgan fingerprint density at radius 1 is 1.14 bits per heavy atom. The van der Waals surface area contributed by atoms with E-state index in [1.54, 1.807) is 0 Å².